The van der Waals surface area contributed by atoms with Crippen molar-refractivity contribution in [3.05, 3.63) is 47.0 Å². The fourth-order valence-electron chi connectivity index (χ4n) is 3.09. The number of hydrogen-bond acceptors (Lipinski definition) is 7. The van der Waals surface area contributed by atoms with Gasteiger partial charge in [-0.15, -0.1) is 0 Å². The largest absolute Gasteiger partial charge is 0.506 e. The molecule has 2 saturated heterocycles. The predicted octanol–water partition coefficient (Wildman–Crippen LogP) is 3.72. The number of ether oxygens (including phenoxy) is 1. The van der Waals surface area contributed by atoms with Crippen LogP contribution in [-0.4, -0.2) is 82.5 Å². The Kier molecular flexibility index (Phi) is 11.3. The van der Waals surface area contributed by atoms with E-state index in [0.29, 0.717) is 16.4 Å². The van der Waals surface area contributed by atoms with E-state index in [2.05, 4.69) is 33.9 Å². The van der Waals surface area contributed by atoms with E-state index < -0.39 is 0 Å². The second-order valence-electron chi connectivity index (χ2n) is 7.81. The van der Waals surface area contributed by atoms with E-state index in [0.717, 1.165) is 57.6 Å². The average molecular weight is 471 g/mol. The van der Waals surface area contributed by atoms with Crippen molar-refractivity contribution in [1.82, 2.24) is 19.8 Å². The number of aromatic nitrogens is 2. The van der Waals surface area contributed by atoms with Crippen LogP contribution >= 0.6 is 23.2 Å². The van der Waals surface area contributed by atoms with Crippen LogP contribution in [0.25, 0.3) is 0 Å². The van der Waals surface area contributed by atoms with E-state index >= 15 is 0 Å². The summed E-state index contributed by atoms with van der Waals surface area (Å²) in [6.07, 6.45) is 7.35. The Morgan fingerprint density at radius 2 is 1.35 bits per heavy atom. The average Bonchev–Trinajstić information content (AvgIpc) is 2.76. The van der Waals surface area contributed by atoms with Crippen LogP contribution in [0.15, 0.2) is 36.7 Å². The van der Waals surface area contributed by atoms with Crippen LogP contribution in [0.3, 0.4) is 0 Å². The zero-order chi connectivity index (χ0) is 22.6. The molecule has 2 aliphatic heterocycles. The lowest BCUT2D eigenvalue weighted by molar-refractivity contribution is 0.0942. The minimum Gasteiger partial charge on any atom is -0.506 e. The Bertz CT molecular complexity index is 702. The molecule has 0 unspecified atom stereocenters. The molecule has 4 heterocycles. The number of likely N-dealkylation sites (tertiary alicyclic amines) is 2. The van der Waals surface area contributed by atoms with Gasteiger partial charge in [0, 0.05) is 26.2 Å². The van der Waals surface area contributed by atoms with Crippen LogP contribution in [-0.2, 0) is 0 Å². The Balaban J connectivity index is 0.000000181. The van der Waals surface area contributed by atoms with Crippen LogP contribution < -0.4 is 4.74 Å². The van der Waals surface area contributed by atoms with Crippen molar-refractivity contribution in [2.75, 3.05) is 40.3 Å². The predicted molar refractivity (Wildman–Crippen MR) is 124 cm³/mol. The Hall–Kier alpha value is -1.64. The SMILES string of the molecule is CN1CCC(O)CC1.CN1CCC(Oc2ccc(Cl)nc2)CC1.Oc1ccc(Cl)nc1. The van der Waals surface area contributed by atoms with E-state index in [4.69, 9.17) is 38.2 Å². The molecule has 2 N–H and O–H groups in total. The first kappa shape index (κ1) is 25.6. The lowest BCUT2D eigenvalue weighted by atomic mass is 10.1. The third kappa shape index (κ3) is 11.0. The molecular formula is C22H32Cl2N4O3. The molecule has 2 fully saturated rings. The summed E-state index contributed by atoms with van der Waals surface area (Å²) in [6.45, 7) is 4.32. The molecule has 0 radical (unpaired) electrons. The molecule has 0 aliphatic carbocycles. The summed E-state index contributed by atoms with van der Waals surface area (Å²) >= 11 is 11.1. The van der Waals surface area contributed by atoms with Crippen LogP contribution in [0.5, 0.6) is 11.5 Å². The van der Waals surface area contributed by atoms with Gasteiger partial charge in [0.15, 0.2) is 0 Å². The van der Waals surface area contributed by atoms with Gasteiger partial charge in [-0.05, 0) is 64.0 Å². The molecule has 0 aromatic carbocycles. The van der Waals surface area contributed by atoms with Crippen LogP contribution in [0.4, 0.5) is 0 Å². The summed E-state index contributed by atoms with van der Waals surface area (Å²) in [7, 11) is 4.23. The van der Waals surface area contributed by atoms with Gasteiger partial charge in [0.05, 0.1) is 18.5 Å². The maximum absolute atomic E-state index is 9.00. The van der Waals surface area contributed by atoms with Crippen LogP contribution in [0, 0.1) is 0 Å². The smallest absolute Gasteiger partial charge is 0.138 e. The first-order valence-electron chi connectivity index (χ1n) is 10.5. The second kappa shape index (κ2) is 13.7. The van der Waals surface area contributed by atoms with E-state index in [1.54, 1.807) is 12.3 Å². The summed E-state index contributed by atoms with van der Waals surface area (Å²) in [5.74, 6) is 0.948. The van der Waals surface area contributed by atoms with Crippen molar-refractivity contribution < 1.29 is 14.9 Å². The molecule has 7 nitrogen and oxygen atoms in total. The topological polar surface area (TPSA) is 82.0 Å². The molecule has 0 amide bonds. The van der Waals surface area contributed by atoms with Gasteiger partial charge in [0.2, 0.25) is 0 Å². The lowest BCUT2D eigenvalue weighted by Crippen LogP contribution is -2.35. The summed E-state index contributed by atoms with van der Waals surface area (Å²) in [6, 6.07) is 6.63. The van der Waals surface area contributed by atoms with Crippen molar-refractivity contribution in [3.63, 3.8) is 0 Å². The Labute approximate surface area is 194 Å². The van der Waals surface area contributed by atoms with Gasteiger partial charge in [0.1, 0.15) is 27.9 Å². The number of rotatable bonds is 2. The van der Waals surface area contributed by atoms with E-state index in [-0.39, 0.29) is 11.9 Å². The monoisotopic (exact) mass is 470 g/mol. The first-order valence-corrected chi connectivity index (χ1v) is 11.2. The van der Waals surface area contributed by atoms with Gasteiger partial charge >= 0.3 is 0 Å². The first-order chi connectivity index (χ1) is 14.8. The van der Waals surface area contributed by atoms with Crippen LogP contribution in [0.2, 0.25) is 10.3 Å². The van der Waals surface area contributed by atoms with Crippen LogP contribution in [0.1, 0.15) is 25.7 Å². The Morgan fingerprint density at radius 3 is 1.77 bits per heavy atom. The third-order valence-electron chi connectivity index (χ3n) is 5.07. The van der Waals surface area contributed by atoms with Crippen molar-refractivity contribution in [3.8, 4) is 11.5 Å². The standard InChI is InChI=1S/C11H15ClN2O.C6H13NO.C5H4ClNO/c1-14-6-4-9(5-7-14)15-10-2-3-11(12)13-8-10;1-7-4-2-6(8)3-5-7;6-5-2-1-4(8)3-7-5/h2-3,8-9H,4-7H2,1H3;6,8H,2-5H2,1H3;1-3,8H. The normalized spacial score (nSPS) is 18.4. The molecule has 0 saturated carbocycles. The molecular weight excluding hydrogens is 439 g/mol. The molecule has 2 aromatic heterocycles. The highest BCUT2D eigenvalue weighted by molar-refractivity contribution is 6.29. The number of hydrogen-bond donors (Lipinski definition) is 2. The van der Waals surface area contributed by atoms with Gasteiger partial charge < -0.3 is 24.7 Å². The van der Waals surface area contributed by atoms with Crippen molar-refractivity contribution in [2.24, 2.45) is 0 Å². The van der Waals surface area contributed by atoms with E-state index in [1.807, 2.05) is 6.07 Å². The van der Waals surface area contributed by atoms with E-state index in [9.17, 15) is 0 Å². The number of piperidine rings is 2. The fourth-order valence-corrected chi connectivity index (χ4v) is 3.31. The minimum atomic E-state index is -0.0220. The minimum absolute atomic E-state index is 0.0220. The van der Waals surface area contributed by atoms with Gasteiger partial charge in [0.25, 0.3) is 0 Å². The molecule has 0 spiro atoms. The van der Waals surface area contributed by atoms with Gasteiger partial charge in [-0.1, -0.05) is 23.2 Å². The van der Waals surface area contributed by atoms with Gasteiger partial charge in [-0.3, -0.25) is 0 Å². The molecule has 0 atom stereocenters. The maximum atomic E-state index is 9.00. The highest BCUT2D eigenvalue weighted by Crippen LogP contribution is 2.18. The quantitative estimate of drug-likeness (QED) is 0.646. The zero-order valence-corrected chi connectivity index (χ0v) is 19.6. The molecule has 9 heteroatoms. The number of halogens is 2. The number of aromatic hydroxyl groups is 1. The summed E-state index contributed by atoms with van der Waals surface area (Å²) < 4.78 is 5.81. The number of pyridine rings is 2. The van der Waals surface area contributed by atoms with E-state index in [1.165, 1.54) is 18.3 Å². The summed E-state index contributed by atoms with van der Waals surface area (Å²) in [5.41, 5.74) is 0. The number of aliphatic hydroxyl groups is 1. The Morgan fingerprint density at radius 1 is 0.839 bits per heavy atom. The van der Waals surface area contributed by atoms with Crippen molar-refractivity contribution >= 4 is 23.2 Å². The molecule has 2 aliphatic rings. The molecule has 2 aromatic rings. The zero-order valence-electron chi connectivity index (χ0n) is 18.1. The summed E-state index contributed by atoms with van der Waals surface area (Å²) in [4.78, 5) is 12.1. The number of nitrogens with zero attached hydrogens (tertiary/aromatic N) is 4. The van der Waals surface area contributed by atoms with Gasteiger partial charge in [-0.2, -0.15) is 0 Å². The maximum Gasteiger partial charge on any atom is 0.138 e. The highest BCUT2D eigenvalue weighted by Gasteiger charge is 2.17. The van der Waals surface area contributed by atoms with Crippen molar-refractivity contribution in [1.29, 1.82) is 0 Å². The second-order valence-corrected chi connectivity index (χ2v) is 8.59. The molecule has 4 rings (SSSR count). The molecule has 0 bridgehead atoms. The number of aliphatic hydroxyl groups excluding tert-OH is 1. The van der Waals surface area contributed by atoms with Crippen molar-refractivity contribution in [2.45, 2.75) is 37.9 Å². The molecule has 31 heavy (non-hydrogen) atoms. The third-order valence-corrected chi connectivity index (χ3v) is 5.52. The lowest BCUT2D eigenvalue weighted by Gasteiger charge is -2.29. The summed E-state index contributed by atoms with van der Waals surface area (Å²) in [5, 5.41) is 18.5. The highest BCUT2D eigenvalue weighted by atomic mass is 35.5. The molecule has 172 valence electrons. The fraction of sp³-hybridized carbons (Fsp3) is 0.545. The van der Waals surface area contributed by atoms with Gasteiger partial charge in [-0.25, -0.2) is 9.97 Å².